The fourth-order valence-electron chi connectivity index (χ4n) is 3.37. The molecule has 0 fully saturated rings. The Morgan fingerprint density at radius 1 is 0.741 bits per heavy atom. The molecule has 3 aromatic carbocycles. The van der Waals surface area contributed by atoms with Crippen LogP contribution in [0.1, 0.15) is 13.3 Å². The van der Waals surface area contributed by atoms with E-state index in [4.69, 9.17) is 4.74 Å². The maximum Gasteiger partial charge on any atom is 0.309 e. The van der Waals surface area contributed by atoms with Gasteiger partial charge in [0.15, 0.2) is 0 Å². The van der Waals surface area contributed by atoms with E-state index in [0.717, 1.165) is 6.16 Å². The average molecular weight is 382 g/mol. The summed E-state index contributed by atoms with van der Waals surface area (Å²) in [4.78, 5) is 12.2. The van der Waals surface area contributed by atoms with Gasteiger partial charge in [0.05, 0.1) is 19.2 Å². The summed E-state index contributed by atoms with van der Waals surface area (Å²) in [6.07, 6.45) is 1.18. The van der Waals surface area contributed by atoms with Crippen LogP contribution in [-0.4, -0.2) is 18.7 Å². The molecule has 0 amide bonds. The lowest BCUT2D eigenvalue weighted by Gasteiger charge is -2.27. The summed E-state index contributed by atoms with van der Waals surface area (Å²) in [5.41, 5.74) is 0. The summed E-state index contributed by atoms with van der Waals surface area (Å²) in [6, 6.07) is 31.8. The van der Waals surface area contributed by atoms with Gasteiger partial charge in [-0.05, 0) is 43.3 Å². The van der Waals surface area contributed by atoms with Crippen molar-refractivity contribution in [1.29, 1.82) is 0 Å². The third-order valence-corrected chi connectivity index (χ3v) is 8.98. The molecule has 0 aliphatic carbocycles. The molecule has 0 bridgehead atoms. The maximum absolute atomic E-state index is 12.2. The Labute approximate surface area is 160 Å². The van der Waals surface area contributed by atoms with Crippen molar-refractivity contribution < 1.29 is 14.2 Å². The zero-order chi connectivity index (χ0) is 18.2. The van der Waals surface area contributed by atoms with Gasteiger partial charge in [-0.3, -0.25) is 4.79 Å². The smallest absolute Gasteiger partial charge is 0.309 e. The van der Waals surface area contributed by atoms with E-state index in [0.29, 0.717) is 13.0 Å². The standard InChI is InChI=1S/C23H24O2P.FH/c1-2-25-23(24)18-19-26(20-12-6-3-7-13-20,21-14-8-4-9-15-21)22-16-10-5-11-17-22;/h3-17H,2,18-19H2,1H3;1H/q+1;/p-1. The van der Waals surface area contributed by atoms with Crippen molar-refractivity contribution in [1.82, 2.24) is 0 Å². The Kier molecular flexibility index (Phi) is 7.69. The Balaban J connectivity index is 0.00000261. The first kappa shape index (κ1) is 20.8. The van der Waals surface area contributed by atoms with E-state index in [1.54, 1.807) is 0 Å². The number of rotatable bonds is 7. The quantitative estimate of drug-likeness (QED) is 0.449. The molecular formula is C23H24FO2P. The molecule has 0 aliphatic rings. The lowest BCUT2D eigenvalue weighted by atomic mass is 10.3. The Hall–Kier alpha value is -2.51. The third-order valence-electron chi connectivity index (χ3n) is 4.55. The minimum absolute atomic E-state index is 0. The van der Waals surface area contributed by atoms with Crippen molar-refractivity contribution in [3.8, 4) is 0 Å². The number of hydrogen-bond donors (Lipinski definition) is 0. The molecule has 0 N–H and O–H groups in total. The fraction of sp³-hybridized carbons (Fsp3) is 0.174. The molecule has 140 valence electrons. The molecule has 0 aromatic heterocycles. The van der Waals surface area contributed by atoms with Crippen molar-refractivity contribution in [2.24, 2.45) is 0 Å². The molecule has 0 unspecified atom stereocenters. The van der Waals surface area contributed by atoms with Crippen molar-refractivity contribution in [3.63, 3.8) is 0 Å². The van der Waals surface area contributed by atoms with Crippen LogP contribution < -0.4 is 20.6 Å². The van der Waals surface area contributed by atoms with E-state index >= 15 is 0 Å². The van der Waals surface area contributed by atoms with Crippen LogP contribution in [0.25, 0.3) is 0 Å². The molecule has 4 heteroatoms. The van der Waals surface area contributed by atoms with Gasteiger partial charge in [-0.25, -0.2) is 0 Å². The molecule has 0 saturated carbocycles. The molecule has 0 spiro atoms. The van der Waals surface area contributed by atoms with E-state index in [2.05, 4.69) is 72.8 Å². The monoisotopic (exact) mass is 382 g/mol. The van der Waals surface area contributed by atoms with Crippen molar-refractivity contribution >= 4 is 29.1 Å². The number of hydrogen-bond acceptors (Lipinski definition) is 2. The minimum Gasteiger partial charge on any atom is -1.00 e. The van der Waals surface area contributed by atoms with Crippen LogP contribution in [-0.2, 0) is 9.53 Å². The summed E-state index contributed by atoms with van der Waals surface area (Å²) in [5.74, 6) is -0.125. The zero-order valence-electron chi connectivity index (χ0n) is 15.4. The third kappa shape index (κ3) is 4.61. The number of carbonyl (C=O) groups is 1. The summed E-state index contributed by atoms with van der Waals surface area (Å²) >= 11 is 0. The highest BCUT2D eigenvalue weighted by molar-refractivity contribution is 7.95. The van der Waals surface area contributed by atoms with Gasteiger partial charge in [0.2, 0.25) is 0 Å². The topological polar surface area (TPSA) is 26.3 Å². The highest BCUT2D eigenvalue weighted by Gasteiger charge is 2.45. The Morgan fingerprint density at radius 3 is 1.44 bits per heavy atom. The van der Waals surface area contributed by atoms with Crippen molar-refractivity contribution in [2.45, 2.75) is 13.3 Å². The summed E-state index contributed by atoms with van der Waals surface area (Å²) in [6.45, 7) is 2.28. The molecule has 2 nitrogen and oxygen atoms in total. The lowest BCUT2D eigenvalue weighted by molar-refractivity contribution is -0.142. The first-order valence-corrected chi connectivity index (χ1v) is 11.0. The molecule has 0 aliphatic heterocycles. The van der Waals surface area contributed by atoms with Crippen LogP contribution in [0, 0.1) is 0 Å². The first-order chi connectivity index (χ1) is 12.8. The van der Waals surface area contributed by atoms with E-state index in [9.17, 15) is 4.79 Å². The molecule has 27 heavy (non-hydrogen) atoms. The van der Waals surface area contributed by atoms with E-state index < -0.39 is 7.26 Å². The number of benzene rings is 3. The Morgan fingerprint density at radius 2 is 1.11 bits per heavy atom. The second-order valence-electron chi connectivity index (χ2n) is 6.10. The van der Waals surface area contributed by atoms with Crippen molar-refractivity contribution in [2.75, 3.05) is 12.8 Å². The van der Waals surface area contributed by atoms with Gasteiger partial charge in [-0.15, -0.1) is 0 Å². The van der Waals surface area contributed by atoms with Crippen LogP contribution in [0.3, 0.4) is 0 Å². The van der Waals surface area contributed by atoms with E-state index in [-0.39, 0.29) is 10.7 Å². The van der Waals surface area contributed by atoms with E-state index in [1.807, 2.05) is 25.1 Å². The molecular weight excluding hydrogens is 358 g/mol. The zero-order valence-corrected chi connectivity index (χ0v) is 16.3. The summed E-state index contributed by atoms with van der Waals surface area (Å²) in [5, 5.41) is 3.88. The highest BCUT2D eigenvalue weighted by Crippen LogP contribution is 2.55. The normalized spacial score (nSPS) is 10.7. The van der Waals surface area contributed by atoms with Gasteiger partial charge in [0, 0.05) is 0 Å². The van der Waals surface area contributed by atoms with Crippen LogP contribution in [0.4, 0.5) is 0 Å². The average Bonchev–Trinajstić information content (AvgIpc) is 2.71. The van der Waals surface area contributed by atoms with Gasteiger partial charge in [-0.1, -0.05) is 54.6 Å². The molecule has 3 aromatic rings. The maximum atomic E-state index is 12.2. The molecule has 0 saturated heterocycles. The van der Waals surface area contributed by atoms with Gasteiger partial charge in [-0.2, -0.15) is 0 Å². The molecule has 0 heterocycles. The van der Waals surface area contributed by atoms with Crippen LogP contribution in [0.15, 0.2) is 91.0 Å². The van der Waals surface area contributed by atoms with Crippen LogP contribution in [0.5, 0.6) is 0 Å². The van der Waals surface area contributed by atoms with Gasteiger partial charge in [0.25, 0.3) is 0 Å². The number of carbonyl (C=O) groups excluding carboxylic acids is 1. The van der Waals surface area contributed by atoms with Crippen molar-refractivity contribution in [3.05, 3.63) is 91.0 Å². The summed E-state index contributed by atoms with van der Waals surface area (Å²) < 4.78 is 5.22. The summed E-state index contributed by atoms with van der Waals surface area (Å²) in [7, 11) is -1.93. The number of halogens is 1. The fourth-order valence-corrected chi connectivity index (χ4v) is 7.60. The van der Waals surface area contributed by atoms with Crippen LogP contribution in [0.2, 0.25) is 0 Å². The molecule has 0 atom stereocenters. The lowest BCUT2D eigenvalue weighted by Crippen LogP contribution is -3.00. The van der Waals surface area contributed by atoms with Gasteiger partial charge < -0.3 is 9.44 Å². The van der Waals surface area contributed by atoms with Gasteiger partial charge in [0.1, 0.15) is 23.2 Å². The second kappa shape index (κ2) is 9.99. The molecule has 3 rings (SSSR count). The van der Waals surface area contributed by atoms with Crippen LogP contribution >= 0.6 is 7.26 Å². The first-order valence-electron chi connectivity index (χ1n) is 8.98. The number of ether oxygens (including phenoxy) is 1. The number of esters is 1. The minimum atomic E-state index is -1.93. The predicted molar refractivity (Wildman–Crippen MR) is 111 cm³/mol. The second-order valence-corrected chi connectivity index (χ2v) is 9.71. The Bertz CT molecular complexity index is 726. The predicted octanol–water partition coefficient (Wildman–Crippen LogP) is 0.938. The van der Waals surface area contributed by atoms with Gasteiger partial charge >= 0.3 is 5.97 Å². The van der Waals surface area contributed by atoms with E-state index in [1.165, 1.54) is 15.9 Å². The SMILES string of the molecule is CCOC(=O)CC[P+](c1ccccc1)(c1ccccc1)c1ccccc1.[F-]. The highest BCUT2D eigenvalue weighted by atomic mass is 31.2. The largest absolute Gasteiger partial charge is 1.00 e. The molecule has 0 radical (unpaired) electrons.